The summed E-state index contributed by atoms with van der Waals surface area (Å²) in [5.74, 6) is -4.74. The second kappa shape index (κ2) is 12.8. The van der Waals surface area contributed by atoms with Gasteiger partial charge in [-0.2, -0.15) is 0 Å². The van der Waals surface area contributed by atoms with Crippen molar-refractivity contribution in [3.8, 4) is 0 Å². The molecule has 1 spiro atoms. The van der Waals surface area contributed by atoms with Gasteiger partial charge in [-0.1, -0.05) is 6.04 Å². The van der Waals surface area contributed by atoms with Crippen molar-refractivity contribution in [2.75, 3.05) is 27.4 Å². The summed E-state index contributed by atoms with van der Waals surface area (Å²) >= 11 is 0. The number of aliphatic hydroxyl groups excluding tert-OH is 5. The van der Waals surface area contributed by atoms with Crippen LogP contribution in [0.15, 0.2) is 0 Å². The van der Waals surface area contributed by atoms with Gasteiger partial charge < -0.3 is 65.4 Å². The quantitative estimate of drug-likeness (QED) is 0.132. The van der Waals surface area contributed by atoms with E-state index in [1.165, 1.54) is 21.1 Å². The molecule has 0 amide bonds. The smallest absolute Gasteiger partial charge is 0.367 e. The van der Waals surface area contributed by atoms with E-state index in [2.05, 4.69) is 5.32 Å². The van der Waals surface area contributed by atoms with Crippen LogP contribution in [0.5, 0.6) is 0 Å². The van der Waals surface area contributed by atoms with E-state index in [0.717, 1.165) is 0 Å². The van der Waals surface area contributed by atoms with Crippen LogP contribution in [0, 0.1) is 0 Å². The van der Waals surface area contributed by atoms with Gasteiger partial charge in [-0.3, -0.25) is 0 Å². The number of esters is 1. The van der Waals surface area contributed by atoms with Crippen molar-refractivity contribution < 1.29 is 96.6 Å². The molecule has 15 nitrogen and oxygen atoms in total. The number of nitrogens with one attached hydrogen (secondary N) is 2. The number of rotatable bonds is 8. The standard InChI is InChI=1S/C21H35N2O13.Y/c1-20(18(29)30)4-8(25)12(22)16(35-20)15(28)11-7-33-19(31)21(34-11)5-9(26)13(23-2)17(36-21)14(27)10(6-24)32-3;/h8-17,22-28H,4-7H2,1-3H3,(H,29,30);/q-1;/t8?,9?,10-,11?,12?,13?,14-,15-,16?,17?,20?,21?;/m1./s1. The molecule has 16 heteroatoms. The number of cyclic esters (lactones) is 1. The Morgan fingerprint density at radius 1 is 1.19 bits per heavy atom. The van der Waals surface area contributed by atoms with Gasteiger partial charge in [-0.15, -0.1) is 0 Å². The van der Waals surface area contributed by atoms with Gasteiger partial charge >= 0.3 is 11.9 Å². The largest absolute Gasteiger partial charge is 0.670 e. The first-order chi connectivity index (χ1) is 16.8. The van der Waals surface area contributed by atoms with E-state index in [-0.39, 0.29) is 39.1 Å². The summed E-state index contributed by atoms with van der Waals surface area (Å²) in [6.45, 7) is 0.0806. The summed E-state index contributed by atoms with van der Waals surface area (Å²) in [6.07, 6.45) is -12.3. The van der Waals surface area contributed by atoms with Gasteiger partial charge in [0.15, 0.2) is 5.60 Å². The van der Waals surface area contributed by atoms with Gasteiger partial charge in [0, 0.05) is 58.8 Å². The van der Waals surface area contributed by atoms with Crippen molar-refractivity contribution in [2.24, 2.45) is 0 Å². The summed E-state index contributed by atoms with van der Waals surface area (Å²) in [7, 11) is 2.73. The molecular formula is C21H35N2O13Y-. The summed E-state index contributed by atoms with van der Waals surface area (Å²) in [4.78, 5) is 24.5. The number of carbonyl (C=O) groups excluding carboxylic acids is 1. The van der Waals surface area contributed by atoms with Crippen molar-refractivity contribution in [1.29, 1.82) is 0 Å². The predicted molar refractivity (Wildman–Crippen MR) is 116 cm³/mol. The molecule has 0 saturated carbocycles. The Kier molecular flexibility index (Phi) is 11.4. The number of hydrogen-bond donors (Lipinski definition) is 7. The molecule has 0 bridgehead atoms. The van der Waals surface area contributed by atoms with Crippen LogP contribution in [0.1, 0.15) is 19.8 Å². The predicted octanol–water partition coefficient (Wildman–Crippen LogP) is -3.50. The van der Waals surface area contributed by atoms with Crippen molar-refractivity contribution in [2.45, 2.75) is 92.1 Å². The Bertz CT molecular complexity index is 806. The number of hydrogen-bond acceptors (Lipinski definition) is 13. The zero-order chi connectivity index (χ0) is 27.0. The van der Waals surface area contributed by atoms with Crippen LogP contribution in [0.3, 0.4) is 0 Å². The molecule has 9 unspecified atom stereocenters. The van der Waals surface area contributed by atoms with Gasteiger partial charge in [0.1, 0.15) is 37.1 Å². The first kappa shape index (κ1) is 32.8. The molecule has 1 radical (unpaired) electrons. The minimum absolute atomic E-state index is 0. The Balaban J connectivity index is 0.00000481. The molecule has 3 heterocycles. The SMILES string of the molecule is CNC1C(O)CC2(OC([C@@H](O)C3OC(C)(C(=O)O)CC(O)C3[NH-])COC2=O)OC1[C@H](O)[C@@H](CO)OC.[Y]. The normalized spacial score (nSPS) is 42.8. The van der Waals surface area contributed by atoms with E-state index >= 15 is 0 Å². The third-order valence-corrected chi connectivity index (χ3v) is 7.07. The fraction of sp³-hybridized carbons (Fsp3) is 0.905. The van der Waals surface area contributed by atoms with Crippen LogP contribution in [0.2, 0.25) is 0 Å². The third kappa shape index (κ3) is 6.34. The van der Waals surface area contributed by atoms with Crippen LogP contribution in [-0.2, 0) is 66.0 Å². The van der Waals surface area contributed by atoms with Gasteiger partial charge in [0.25, 0.3) is 5.79 Å². The first-order valence-corrected chi connectivity index (χ1v) is 11.5. The monoisotopic (exact) mass is 612 g/mol. The molecular weight excluding hydrogens is 577 g/mol. The number of aliphatic hydroxyl groups is 5. The van der Waals surface area contributed by atoms with Crippen molar-refractivity contribution >= 4 is 11.9 Å². The van der Waals surface area contributed by atoms with Crippen LogP contribution in [0.25, 0.3) is 5.73 Å². The molecule has 3 aliphatic heterocycles. The molecule has 0 aliphatic carbocycles. The summed E-state index contributed by atoms with van der Waals surface area (Å²) in [5.41, 5.74) is 6.31. The van der Waals surface area contributed by atoms with E-state index in [0.29, 0.717) is 0 Å². The van der Waals surface area contributed by atoms with Gasteiger partial charge in [-0.25, -0.2) is 9.59 Å². The number of aliphatic carboxylic acids is 1. The Morgan fingerprint density at radius 2 is 1.84 bits per heavy atom. The molecule has 211 valence electrons. The zero-order valence-corrected chi connectivity index (χ0v) is 23.6. The fourth-order valence-electron chi connectivity index (χ4n) is 4.90. The second-order valence-corrected chi connectivity index (χ2v) is 9.53. The summed E-state index contributed by atoms with van der Waals surface area (Å²) in [6, 6.07) is -2.36. The average Bonchev–Trinajstić information content (AvgIpc) is 2.83. The number of likely N-dealkylation sites (N-methyl/N-ethyl adjacent to an activating group) is 1. The van der Waals surface area contributed by atoms with Crippen molar-refractivity contribution in [3.63, 3.8) is 0 Å². The minimum atomic E-state index is -2.29. The van der Waals surface area contributed by atoms with Crippen LogP contribution < -0.4 is 5.32 Å². The topological polar surface area (TPSA) is 237 Å². The number of ether oxygens (including phenoxy) is 5. The molecule has 37 heavy (non-hydrogen) atoms. The number of methoxy groups -OCH3 is 1. The van der Waals surface area contributed by atoms with Crippen molar-refractivity contribution in [3.05, 3.63) is 5.73 Å². The Hall–Kier alpha value is -0.396. The maximum absolute atomic E-state index is 12.8. The minimum Gasteiger partial charge on any atom is -0.670 e. The average molecular weight is 612 g/mol. The van der Waals surface area contributed by atoms with E-state index < -0.39 is 104 Å². The molecule has 3 aliphatic rings. The van der Waals surface area contributed by atoms with Crippen LogP contribution in [0.4, 0.5) is 0 Å². The second-order valence-electron chi connectivity index (χ2n) is 9.53. The van der Waals surface area contributed by atoms with Crippen molar-refractivity contribution in [1.82, 2.24) is 5.32 Å². The van der Waals surface area contributed by atoms with Crippen LogP contribution in [-0.4, -0.2) is 142 Å². The molecule has 3 fully saturated rings. The first-order valence-electron chi connectivity index (χ1n) is 11.5. The Labute approximate surface area is 238 Å². The maximum Gasteiger partial charge on any atom is 0.367 e. The third-order valence-electron chi connectivity index (χ3n) is 7.07. The zero-order valence-electron chi connectivity index (χ0n) is 20.7. The molecule has 3 saturated heterocycles. The summed E-state index contributed by atoms with van der Waals surface area (Å²) in [5, 5.41) is 64.6. The molecule has 0 aromatic rings. The van der Waals surface area contributed by atoms with Gasteiger partial charge in [-0.05, 0) is 14.0 Å². The molecule has 8 N–H and O–H groups in total. The fourth-order valence-corrected chi connectivity index (χ4v) is 4.90. The number of carboxylic acids is 1. The summed E-state index contributed by atoms with van der Waals surface area (Å²) < 4.78 is 27.4. The van der Waals surface area contributed by atoms with Gasteiger partial charge in [0.2, 0.25) is 0 Å². The van der Waals surface area contributed by atoms with Crippen LogP contribution >= 0.6 is 0 Å². The van der Waals surface area contributed by atoms with E-state index in [1.807, 2.05) is 0 Å². The molecule has 3 rings (SSSR count). The number of carboxylic acid groups (broad SMARTS) is 1. The van der Waals surface area contributed by atoms with E-state index in [4.69, 9.17) is 29.4 Å². The Morgan fingerprint density at radius 3 is 2.38 bits per heavy atom. The number of carbonyl (C=O) groups is 2. The molecule has 12 atom stereocenters. The van der Waals surface area contributed by atoms with E-state index in [1.54, 1.807) is 0 Å². The maximum atomic E-state index is 12.8. The molecule has 0 aromatic carbocycles. The van der Waals surface area contributed by atoms with E-state index in [9.17, 15) is 40.2 Å². The molecule has 0 aromatic heterocycles. The van der Waals surface area contributed by atoms with Gasteiger partial charge in [0.05, 0.1) is 24.9 Å².